The SMILES string of the molecule is CN(CCO)c1cc(C=C2SC(=O)NC2=O)nc(N2CC3(CN(C(=O)Nc4ccccc4)C3)C2)n1. The maximum atomic E-state index is 12.5. The second-order valence-electron chi connectivity index (χ2n) is 8.96. The molecule has 0 saturated carbocycles. The number of aromatic nitrogens is 2. The van der Waals surface area contributed by atoms with Gasteiger partial charge in [0, 0.05) is 56.9 Å². The molecule has 0 unspecified atom stereocenters. The fraction of sp³-hybridized carbons (Fsp3) is 0.348. The van der Waals surface area contributed by atoms with Crippen molar-refractivity contribution in [2.45, 2.75) is 0 Å². The Morgan fingerprint density at radius 3 is 2.63 bits per heavy atom. The molecule has 3 N–H and O–H groups in total. The molecule has 182 valence electrons. The molecule has 5 rings (SSSR count). The molecule has 4 amide bonds. The maximum Gasteiger partial charge on any atom is 0.321 e. The molecule has 3 aliphatic heterocycles. The van der Waals surface area contributed by atoms with Crippen molar-refractivity contribution in [3.05, 3.63) is 47.0 Å². The first kappa shape index (κ1) is 23.1. The average molecular weight is 496 g/mol. The van der Waals surface area contributed by atoms with Crippen LogP contribution in [-0.4, -0.2) is 83.5 Å². The van der Waals surface area contributed by atoms with Gasteiger partial charge in [0.15, 0.2) is 0 Å². The molecule has 1 spiro atoms. The van der Waals surface area contributed by atoms with Gasteiger partial charge in [-0.25, -0.2) is 9.78 Å². The fourth-order valence-corrected chi connectivity index (χ4v) is 5.07. The molecule has 0 bridgehead atoms. The first-order valence-electron chi connectivity index (χ1n) is 11.2. The third-order valence-corrected chi connectivity index (χ3v) is 6.98. The van der Waals surface area contributed by atoms with Gasteiger partial charge >= 0.3 is 6.03 Å². The predicted octanol–water partition coefficient (Wildman–Crippen LogP) is 1.58. The Hall–Kier alpha value is -3.64. The van der Waals surface area contributed by atoms with Crippen LogP contribution in [0.3, 0.4) is 0 Å². The number of anilines is 3. The Labute approximate surface area is 206 Å². The molecule has 0 atom stereocenters. The molecule has 0 radical (unpaired) electrons. The van der Waals surface area contributed by atoms with Crippen LogP contribution in [0.2, 0.25) is 0 Å². The lowest BCUT2D eigenvalue weighted by Crippen LogP contribution is -2.73. The number of benzene rings is 1. The summed E-state index contributed by atoms with van der Waals surface area (Å²) >= 11 is 0.833. The highest BCUT2D eigenvalue weighted by Crippen LogP contribution is 2.41. The Bertz CT molecular complexity index is 1190. The van der Waals surface area contributed by atoms with E-state index in [1.807, 2.05) is 42.3 Å². The normalized spacial score (nSPS) is 19.4. The number of imide groups is 1. The number of likely N-dealkylation sites (N-methyl/N-ethyl adjacent to an activating group) is 1. The highest BCUT2D eigenvalue weighted by Gasteiger charge is 2.54. The van der Waals surface area contributed by atoms with E-state index in [2.05, 4.69) is 20.6 Å². The quantitative estimate of drug-likeness (QED) is 0.511. The van der Waals surface area contributed by atoms with Crippen molar-refractivity contribution in [2.24, 2.45) is 5.41 Å². The van der Waals surface area contributed by atoms with Crippen molar-refractivity contribution in [3.8, 4) is 0 Å². The standard InChI is InChI=1S/C23H25N7O4S/c1-28(7-8-31)18-10-16(9-17-19(32)27-22(34)35-17)24-20(26-18)29-11-23(12-29)13-30(14-23)21(33)25-15-5-3-2-4-6-15/h2-6,9-10,31H,7-8,11-14H2,1H3,(H,25,33)(H,27,32,34). The van der Waals surface area contributed by atoms with Crippen LogP contribution >= 0.6 is 11.8 Å². The second kappa shape index (κ2) is 9.19. The number of nitrogens with one attached hydrogen (secondary N) is 2. The number of likely N-dealkylation sites (tertiary alicyclic amines) is 1. The molecule has 0 aliphatic carbocycles. The van der Waals surface area contributed by atoms with Crippen LogP contribution in [0.15, 0.2) is 41.3 Å². The molecule has 12 heteroatoms. The lowest BCUT2D eigenvalue weighted by molar-refractivity contribution is -0.115. The topological polar surface area (TPSA) is 131 Å². The van der Waals surface area contributed by atoms with Crippen LogP contribution < -0.4 is 20.4 Å². The Kier molecular flexibility index (Phi) is 6.07. The zero-order valence-electron chi connectivity index (χ0n) is 19.1. The van der Waals surface area contributed by atoms with E-state index in [9.17, 15) is 19.5 Å². The number of hydrogen-bond donors (Lipinski definition) is 3. The minimum atomic E-state index is -0.448. The lowest BCUT2D eigenvalue weighted by Gasteiger charge is -2.59. The van der Waals surface area contributed by atoms with Crippen molar-refractivity contribution in [2.75, 3.05) is 61.5 Å². The van der Waals surface area contributed by atoms with Gasteiger partial charge in [0.25, 0.3) is 11.1 Å². The Morgan fingerprint density at radius 1 is 1.23 bits per heavy atom. The number of carbonyl (C=O) groups excluding carboxylic acids is 3. The number of hydrogen-bond acceptors (Lipinski definition) is 9. The van der Waals surface area contributed by atoms with Crippen molar-refractivity contribution in [1.82, 2.24) is 20.2 Å². The molecule has 3 fully saturated rings. The van der Waals surface area contributed by atoms with Crippen LogP contribution in [0.5, 0.6) is 0 Å². The molecule has 4 heterocycles. The second-order valence-corrected chi connectivity index (χ2v) is 9.97. The van der Waals surface area contributed by atoms with Gasteiger partial charge in [-0.15, -0.1) is 0 Å². The van der Waals surface area contributed by atoms with E-state index in [1.54, 1.807) is 21.9 Å². The average Bonchev–Trinajstić information content (AvgIpc) is 3.09. The molecule has 11 nitrogen and oxygen atoms in total. The summed E-state index contributed by atoms with van der Waals surface area (Å²) in [6.45, 7) is 3.07. The van der Waals surface area contributed by atoms with E-state index in [-0.39, 0.29) is 23.0 Å². The molecule has 1 aromatic heterocycles. The van der Waals surface area contributed by atoms with E-state index in [1.165, 1.54) is 0 Å². The van der Waals surface area contributed by atoms with E-state index in [0.29, 0.717) is 50.2 Å². The highest BCUT2D eigenvalue weighted by atomic mass is 32.2. The van der Waals surface area contributed by atoms with Crippen LogP contribution in [0.25, 0.3) is 6.08 Å². The molecule has 1 aromatic carbocycles. The smallest absolute Gasteiger partial charge is 0.321 e. The molecule has 3 saturated heterocycles. The summed E-state index contributed by atoms with van der Waals surface area (Å²) in [5.41, 5.74) is 1.28. The van der Waals surface area contributed by atoms with Crippen molar-refractivity contribution < 1.29 is 19.5 Å². The molecular weight excluding hydrogens is 470 g/mol. The number of rotatable bonds is 6. The third-order valence-electron chi connectivity index (χ3n) is 6.17. The van der Waals surface area contributed by atoms with Crippen LogP contribution in [0.1, 0.15) is 5.69 Å². The summed E-state index contributed by atoms with van der Waals surface area (Å²) in [6.07, 6.45) is 1.57. The van der Waals surface area contributed by atoms with Crippen LogP contribution in [-0.2, 0) is 4.79 Å². The van der Waals surface area contributed by atoms with Crippen LogP contribution in [0, 0.1) is 5.41 Å². The van der Waals surface area contributed by atoms with Gasteiger partial charge < -0.3 is 25.1 Å². The summed E-state index contributed by atoms with van der Waals surface area (Å²) in [4.78, 5) is 51.1. The molecule has 3 aliphatic rings. The summed E-state index contributed by atoms with van der Waals surface area (Å²) in [6, 6.07) is 11.0. The number of thioether (sulfide) groups is 1. The fourth-order valence-electron chi connectivity index (χ4n) is 4.41. The van der Waals surface area contributed by atoms with Gasteiger partial charge in [0.1, 0.15) is 5.82 Å². The van der Waals surface area contributed by atoms with E-state index < -0.39 is 11.1 Å². The summed E-state index contributed by atoms with van der Waals surface area (Å²) in [5.74, 6) is 0.660. The van der Waals surface area contributed by atoms with E-state index in [0.717, 1.165) is 17.4 Å². The minimum absolute atomic E-state index is 0.0105. The number of urea groups is 1. The maximum absolute atomic E-state index is 12.5. The Morgan fingerprint density at radius 2 is 1.97 bits per heavy atom. The Balaban J connectivity index is 1.27. The largest absolute Gasteiger partial charge is 0.395 e. The van der Waals surface area contributed by atoms with Crippen molar-refractivity contribution in [1.29, 1.82) is 0 Å². The van der Waals surface area contributed by atoms with Crippen LogP contribution in [0.4, 0.5) is 27.0 Å². The van der Waals surface area contributed by atoms with Gasteiger partial charge in [-0.1, -0.05) is 18.2 Å². The summed E-state index contributed by atoms with van der Waals surface area (Å²) in [7, 11) is 1.81. The predicted molar refractivity (Wildman–Crippen MR) is 133 cm³/mol. The number of amides is 4. The number of aliphatic hydroxyl groups excluding tert-OH is 1. The number of nitrogens with zero attached hydrogens (tertiary/aromatic N) is 5. The first-order chi connectivity index (χ1) is 16.8. The minimum Gasteiger partial charge on any atom is -0.395 e. The monoisotopic (exact) mass is 495 g/mol. The molecule has 35 heavy (non-hydrogen) atoms. The van der Waals surface area contributed by atoms with Gasteiger partial charge in [0.2, 0.25) is 5.95 Å². The molecular formula is C23H25N7O4S. The molecule has 2 aromatic rings. The van der Waals surface area contributed by atoms with Gasteiger partial charge in [-0.05, 0) is 30.0 Å². The van der Waals surface area contributed by atoms with Gasteiger partial charge in [0.05, 0.1) is 17.2 Å². The summed E-state index contributed by atoms with van der Waals surface area (Å²) in [5, 5.41) is 14.1. The summed E-state index contributed by atoms with van der Waals surface area (Å²) < 4.78 is 0. The zero-order chi connectivity index (χ0) is 24.6. The third kappa shape index (κ3) is 4.80. The van der Waals surface area contributed by atoms with Crippen molar-refractivity contribution in [3.63, 3.8) is 0 Å². The van der Waals surface area contributed by atoms with Gasteiger partial charge in [-0.3, -0.25) is 14.9 Å². The number of para-hydroxylation sites is 1. The van der Waals surface area contributed by atoms with E-state index >= 15 is 0 Å². The lowest BCUT2D eigenvalue weighted by atomic mass is 9.73. The van der Waals surface area contributed by atoms with Crippen molar-refractivity contribution >= 4 is 52.5 Å². The zero-order valence-corrected chi connectivity index (χ0v) is 19.9. The number of carbonyl (C=O) groups is 3. The van der Waals surface area contributed by atoms with Gasteiger partial charge in [-0.2, -0.15) is 4.98 Å². The highest BCUT2D eigenvalue weighted by molar-refractivity contribution is 8.18. The van der Waals surface area contributed by atoms with E-state index in [4.69, 9.17) is 0 Å². The number of aliphatic hydroxyl groups is 1. The first-order valence-corrected chi connectivity index (χ1v) is 12.0.